The third-order valence-corrected chi connectivity index (χ3v) is 5.66. The van der Waals surface area contributed by atoms with Gasteiger partial charge in [0, 0.05) is 29.2 Å². The summed E-state index contributed by atoms with van der Waals surface area (Å²) in [7, 11) is 1.28. The Kier molecular flexibility index (Phi) is 6.78. The Balaban J connectivity index is 1.96. The predicted molar refractivity (Wildman–Crippen MR) is 132 cm³/mol. The third kappa shape index (κ3) is 4.99. The fourth-order valence-electron chi connectivity index (χ4n) is 4.09. The van der Waals surface area contributed by atoms with Gasteiger partial charge in [0.25, 0.3) is 0 Å². The number of hydrogen-bond donors (Lipinski definition) is 2. The number of phenolic OH excluding ortho intramolecular Hbond substituents is 2. The molecule has 4 aromatic rings. The zero-order valence-corrected chi connectivity index (χ0v) is 19.6. The molecule has 1 heterocycles. The molecule has 2 N–H and O–H groups in total. The van der Waals surface area contributed by atoms with Crippen LogP contribution in [0.5, 0.6) is 17.2 Å². The maximum Gasteiger partial charge on any atom is 0.306 e. The Hall–Kier alpha value is -4.26. The van der Waals surface area contributed by atoms with Gasteiger partial charge in [-0.3, -0.25) is 9.59 Å². The maximum absolute atomic E-state index is 13.0. The molecule has 0 saturated carbocycles. The summed E-state index contributed by atoms with van der Waals surface area (Å²) in [4.78, 5) is 25.4. The van der Waals surface area contributed by atoms with E-state index in [2.05, 4.69) is 0 Å². The number of methoxy groups -OCH3 is 1. The Morgan fingerprint density at radius 3 is 2.29 bits per heavy atom. The van der Waals surface area contributed by atoms with Gasteiger partial charge in [0.15, 0.2) is 5.43 Å². The summed E-state index contributed by atoms with van der Waals surface area (Å²) < 4.78 is 16.7. The van der Waals surface area contributed by atoms with Crippen LogP contribution in [-0.2, 0) is 9.53 Å². The fourth-order valence-corrected chi connectivity index (χ4v) is 4.09. The topological polar surface area (TPSA) is 106 Å². The standard InChI is InChI=1S/C28H26O7/c1-16(2)34-19-11-9-17(10-12-19)20(13-25(32)33-3)26-21(29)14-22(30)27-23(31)15-24(35-28(26)27)18-7-5-4-6-8-18/h4-12,14-16,20,29-30H,13H2,1-3H3. The molecular weight excluding hydrogens is 448 g/mol. The van der Waals surface area contributed by atoms with Crippen molar-refractivity contribution in [2.45, 2.75) is 32.3 Å². The molecule has 35 heavy (non-hydrogen) atoms. The minimum atomic E-state index is -0.729. The SMILES string of the molecule is COC(=O)CC(c1ccc(OC(C)C)cc1)c1c(O)cc(O)c2c(=O)cc(-c3ccccc3)oc12. The average molecular weight is 475 g/mol. The van der Waals surface area contributed by atoms with E-state index in [0.717, 1.165) is 6.07 Å². The first-order valence-electron chi connectivity index (χ1n) is 11.2. The molecule has 1 unspecified atom stereocenters. The van der Waals surface area contributed by atoms with Crippen molar-refractivity contribution < 1.29 is 28.9 Å². The Bertz CT molecular complexity index is 1400. The largest absolute Gasteiger partial charge is 0.507 e. The molecule has 0 amide bonds. The number of esters is 1. The Morgan fingerprint density at radius 2 is 1.66 bits per heavy atom. The molecule has 0 aliphatic rings. The van der Waals surface area contributed by atoms with E-state index in [1.807, 2.05) is 19.9 Å². The summed E-state index contributed by atoms with van der Waals surface area (Å²) in [6.45, 7) is 3.84. The highest BCUT2D eigenvalue weighted by Crippen LogP contribution is 2.43. The molecule has 1 aromatic heterocycles. The normalized spacial score (nSPS) is 12.0. The van der Waals surface area contributed by atoms with Gasteiger partial charge in [-0.1, -0.05) is 42.5 Å². The van der Waals surface area contributed by atoms with E-state index in [0.29, 0.717) is 16.9 Å². The van der Waals surface area contributed by atoms with Gasteiger partial charge < -0.3 is 24.1 Å². The highest BCUT2D eigenvalue weighted by molar-refractivity contribution is 5.90. The van der Waals surface area contributed by atoms with Crippen molar-refractivity contribution in [1.29, 1.82) is 0 Å². The number of benzene rings is 3. The van der Waals surface area contributed by atoms with Crippen molar-refractivity contribution in [2.24, 2.45) is 0 Å². The highest BCUT2D eigenvalue weighted by atomic mass is 16.5. The first kappa shape index (κ1) is 23.9. The molecule has 180 valence electrons. The second-order valence-electron chi connectivity index (χ2n) is 8.44. The summed E-state index contributed by atoms with van der Waals surface area (Å²) >= 11 is 0. The maximum atomic E-state index is 13.0. The van der Waals surface area contributed by atoms with Crippen LogP contribution in [-0.4, -0.2) is 29.4 Å². The van der Waals surface area contributed by atoms with E-state index in [-0.39, 0.29) is 40.6 Å². The minimum Gasteiger partial charge on any atom is -0.507 e. The molecule has 1 atom stereocenters. The van der Waals surface area contributed by atoms with Gasteiger partial charge in [-0.2, -0.15) is 0 Å². The van der Waals surface area contributed by atoms with Crippen molar-refractivity contribution in [1.82, 2.24) is 0 Å². The van der Waals surface area contributed by atoms with Crippen LogP contribution < -0.4 is 10.2 Å². The van der Waals surface area contributed by atoms with Crippen LogP contribution in [0.3, 0.4) is 0 Å². The molecule has 0 radical (unpaired) electrons. The van der Waals surface area contributed by atoms with Crippen molar-refractivity contribution in [3.63, 3.8) is 0 Å². The van der Waals surface area contributed by atoms with E-state index in [1.54, 1.807) is 48.5 Å². The van der Waals surface area contributed by atoms with E-state index < -0.39 is 23.1 Å². The lowest BCUT2D eigenvalue weighted by Gasteiger charge is -2.21. The van der Waals surface area contributed by atoms with Gasteiger partial charge in [-0.25, -0.2) is 0 Å². The molecule has 0 bridgehead atoms. The molecule has 7 nitrogen and oxygen atoms in total. The number of ether oxygens (including phenoxy) is 2. The lowest BCUT2D eigenvalue weighted by atomic mass is 9.86. The quantitative estimate of drug-likeness (QED) is 0.348. The van der Waals surface area contributed by atoms with Crippen LogP contribution in [0.25, 0.3) is 22.3 Å². The Labute approximate surface area is 202 Å². The van der Waals surface area contributed by atoms with Crippen molar-refractivity contribution in [3.05, 3.63) is 88.1 Å². The van der Waals surface area contributed by atoms with Gasteiger partial charge in [0.1, 0.15) is 34.0 Å². The van der Waals surface area contributed by atoms with Crippen molar-refractivity contribution in [2.75, 3.05) is 7.11 Å². The fraction of sp³-hybridized carbons (Fsp3) is 0.214. The van der Waals surface area contributed by atoms with Crippen LogP contribution in [0.2, 0.25) is 0 Å². The number of fused-ring (bicyclic) bond motifs is 1. The van der Waals surface area contributed by atoms with Crippen molar-refractivity contribution >= 4 is 16.9 Å². The van der Waals surface area contributed by atoms with Crippen LogP contribution in [0, 0.1) is 0 Å². The molecule has 3 aromatic carbocycles. The number of phenols is 2. The van der Waals surface area contributed by atoms with Crippen LogP contribution >= 0.6 is 0 Å². The summed E-state index contributed by atoms with van der Waals surface area (Å²) in [6, 6.07) is 18.5. The highest BCUT2D eigenvalue weighted by Gasteiger charge is 2.28. The number of carbonyl (C=O) groups excluding carboxylic acids is 1. The van der Waals surface area contributed by atoms with Gasteiger partial charge >= 0.3 is 5.97 Å². The molecule has 4 rings (SSSR count). The third-order valence-electron chi connectivity index (χ3n) is 5.66. The van der Waals surface area contributed by atoms with E-state index in [1.165, 1.54) is 13.2 Å². The first-order valence-corrected chi connectivity index (χ1v) is 11.2. The zero-order chi connectivity index (χ0) is 25.1. The molecule has 0 saturated heterocycles. The second-order valence-corrected chi connectivity index (χ2v) is 8.44. The molecule has 7 heteroatoms. The smallest absolute Gasteiger partial charge is 0.306 e. The number of aromatic hydroxyl groups is 2. The second kappa shape index (κ2) is 9.93. The summed E-state index contributed by atoms with van der Waals surface area (Å²) in [5.41, 5.74) is 1.06. The minimum absolute atomic E-state index is 0.00487. The monoisotopic (exact) mass is 474 g/mol. The summed E-state index contributed by atoms with van der Waals surface area (Å²) in [5, 5.41) is 21.3. The van der Waals surface area contributed by atoms with E-state index in [4.69, 9.17) is 13.9 Å². The lowest BCUT2D eigenvalue weighted by molar-refractivity contribution is -0.140. The molecular formula is C28H26O7. The number of rotatable bonds is 7. The van der Waals surface area contributed by atoms with Crippen LogP contribution in [0.4, 0.5) is 0 Å². The summed E-state index contributed by atoms with van der Waals surface area (Å²) in [5.74, 6) is -1.04. The molecule has 0 spiro atoms. The Morgan fingerprint density at radius 1 is 0.971 bits per heavy atom. The van der Waals surface area contributed by atoms with Crippen LogP contribution in [0.1, 0.15) is 37.3 Å². The lowest BCUT2D eigenvalue weighted by Crippen LogP contribution is -2.12. The van der Waals surface area contributed by atoms with Crippen molar-refractivity contribution in [3.8, 4) is 28.6 Å². The number of carbonyl (C=O) groups is 1. The molecule has 0 aliphatic heterocycles. The first-order chi connectivity index (χ1) is 16.8. The van der Waals surface area contributed by atoms with Gasteiger partial charge in [-0.15, -0.1) is 0 Å². The molecule has 0 fully saturated rings. The predicted octanol–water partition coefficient (Wildman–Crippen LogP) is 5.35. The summed E-state index contributed by atoms with van der Waals surface area (Å²) in [6.07, 6.45) is -0.143. The zero-order valence-electron chi connectivity index (χ0n) is 19.6. The molecule has 0 aliphatic carbocycles. The average Bonchev–Trinajstić information content (AvgIpc) is 2.83. The van der Waals surface area contributed by atoms with E-state index in [9.17, 15) is 19.8 Å². The number of hydrogen-bond acceptors (Lipinski definition) is 7. The van der Waals surface area contributed by atoms with Gasteiger partial charge in [0.2, 0.25) is 0 Å². The van der Waals surface area contributed by atoms with Gasteiger partial charge in [-0.05, 0) is 31.5 Å². The van der Waals surface area contributed by atoms with Crippen LogP contribution in [0.15, 0.2) is 75.9 Å². The van der Waals surface area contributed by atoms with Gasteiger partial charge in [0.05, 0.1) is 19.6 Å². The van der Waals surface area contributed by atoms with E-state index >= 15 is 0 Å².